The normalized spacial score (nSPS) is 14.0. The van der Waals surface area contributed by atoms with Gasteiger partial charge in [-0.05, 0) is 29.9 Å². The number of aromatic hydroxyl groups is 1. The van der Waals surface area contributed by atoms with Crippen LogP contribution in [0.2, 0.25) is 0 Å². The van der Waals surface area contributed by atoms with Gasteiger partial charge in [-0.1, -0.05) is 36.4 Å². The molecule has 6 nitrogen and oxygen atoms in total. The number of aliphatic hydroxyl groups is 1. The zero-order valence-corrected chi connectivity index (χ0v) is 13.3. The highest BCUT2D eigenvalue weighted by atomic mass is 16.5. The highest BCUT2D eigenvalue weighted by Gasteiger charge is 2.22. The summed E-state index contributed by atoms with van der Waals surface area (Å²) in [6, 6.07) is 10.5. The first kappa shape index (κ1) is 17.9. The van der Waals surface area contributed by atoms with Crippen molar-refractivity contribution in [3.8, 4) is 5.75 Å². The average Bonchev–Trinajstić information content (AvgIpc) is 2.61. The maximum absolute atomic E-state index is 10.9. The maximum atomic E-state index is 10.9. The molecule has 6 heteroatoms. The minimum Gasteiger partial charge on any atom is -0.507 e. The second-order valence-electron chi connectivity index (χ2n) is 5.39. The highest BCUT2D eigenvalue weighted by Crippen LogP contribution is 2.33. The number of hydroxylamine groups is 1. The third-order valence-electron chi connectivity index (χ3n) is 3.91. The number of nitrogens with one attached hydrogen (secondary N) is 1. The van der Waals surface area contributed by atoms with Crippen molar-refractivity contribution in [1.82, 2.24) is 5.48 Å². The lowest BCUT2D eigenvalue weighted by molar-refractivity contribution is -0.124. The first-order valence-electron chi connectivity index (χ1n) is 7.60. The van der Waals surface area contributed by atoms with Gasteiger partial charge in [0.15, 0.2) is 0 Å². The zero-order chi connectivity index (χ0) is 17.5. The first-order chi connectivity index (χ1) is 11.6. The van der Waals surface area contributed by atoms with Crippen LogP contribution < -0.4 is 5.48 Å². The monoisotopic (exact) mass is 331 g/mol. The third-order valence-corrected chi connectivity index (χ3v) is 3.91. The number of carbonyl (C=O) groups excluding carboxylic acids is 1. The Hall–Kier alpha value is -2.41. The Bertz CT molecular complexity index is 728. The van der Waals surface area contributed by atoms with Gasteiger partial charge in [-0.25, -0.2) is 5.48 Å². The van der Waals surface area contributed by atoms with Gasteiger partial charge in [-0.2, -0.15) is 0 Å². The van der Waals surface area contributed by atoms with Gasteiger partial charge in [0.1, 0.15) is 11.9 Å². The molecule has 2 aromatic rings. The summed E-state index contributed by atoms with van der Waals surface area (Å²) in [5.41, 5.74) is 2.18. The number of phenols is 1. The van der Waals surface area contributed by atoms with Crippen LogP contribution in [0, 0.1) is 0 Å². The van der Waals surface area contributed by atoms with Crippen molar-refractivity contribution in [2.24, 2.45) is 0 Å². The van der Waals surface area contributed by atoms with Gasteiger partial charge in [0.05, 0.1) is 6.10 Å². The molecule has 2 atom stereocenters. The maximum Gasteiger partial charge on any atom is 0.267 e. The van der Waals surface area contributed by atoms with E-state index in [9.17, 15) is 15.0 Å². The van der Waals surface area contributed by atoms with Crippen LogP contribution in [0.1, 0.15) is 24.5 Å². The van der Waals surface area contributed by atoms with Crippen LogP contribution in [0.3, 0.4) is 0 Å². The summed E-state index contributed by atoms with van der Waals surface area (Å²) >= 11 is 0. The van der Waals surface area contributed by atoms with Crippen molar-refractivity contribution in [3.05, 3.63) is 54.1 Å². The topological polar surface area (TPSA) is 99.0 Å². The smallest absolute Gasteiger partial charge is 0.267 e. The second-order valence-corrected chi connectivity index (χ2v) is 5.39. The molecule has 128 valence electrons. The largest absolute Gasteiger partial charge is 0.507 e. The number of hydrogen-bond donors (Lipinski definition) is 4. The lowest BCUT2D eigenvalue weighted by atomic mass is 9.95. The lowest BCUT2D eigenvalue weighted by Gasteiger charge is -2.23. The molecule has 2 rings (SSSR count). The van der Waals surface area contributed by atoms with E-state index < -0.39 is 18.1 Å². The number of benzene rings is 2. The van der Waals surface area contributed by atoms with E-state index in [1.165, 1.54) is 18.7 Å². The summed E-state index contributed by atoms with van der Waals surface area (Å²) in [6.07, 6.45) is 2.45. The fourth-order valence-electron chi connectivity index (χ4n) is 2.66. The van der Waals surface area contributed by atoms with E-state index in [2.05, 4.69) is 0 Å². The summed E-state index contributed by atoms with van der Waals surface area (Å²) in [5, 5.41) is 30.5. The van der Waals surface area contributed by atoms with Crippen molar-refractivity contribution in [2.45, 2.75) is 25.0 Å². The zero-order valence-electron chi connectivity index (χ0n) is 13.3. The molecular weight excluding hydrogens is 310 g/mol. The van der Waals surface area contributed by atoms with Gasteiger partial charge in [-0.3, -0.25) is 10.0 Å². The summed E-state index contributed by atoms with van der Waals surface area (Å²) in [5.74, 6) is -0.442. The molecule has 0 aliphatic rings. The number of allylic oxidation sites excluding steroid dienone is 1. The number of ether oxygens (including phenoxy) is 1. The molecule has 0 aromatic heterocycles. The number of fused-ring (bicyclic) bond motifs is 1. The second kappa shape index (κ2) is 8.44. The first-order valence-corrected chi connectivity index (χ1v) is 7.60. The van der Waals surface area contributed by atoms with E-state index in [0.717, 1.165) is 5.39 Å². The Kier molecular flexibility index (Phi) is 6.31. The average molecular weight is 331 g/mol. The SMILES string of the molecule is CO[C@@H](CC/C=C/C(=O)NO)[C@@H](O)c1ccc(O)c2ccccc12. The molecule has 0 aliphatic heterocycles. The summed E-state index contributed by atoms with van der Waals surface area (Å²) in [4.78, 5) is 10.9. The summed E-state index contributed by atoms with van der Waals surface area (Å²) in [6.45, 7) is 0. The number of phenolic OH excluding ortho intramolecular Hbond substituents is 1. The molecular formula is C18H21NO5. The molecule has 0 fully saturated rings. The van der Waals surface area contributed by atoms with Crippen molar-refractivity contribution < 1.29 is 25.0 Å². The van der Waals surface area contributed by atoms with Crippen molar-refractivity contribution in [2.75, 3.05) is 7.11 Å². The van der Waals surface area contributed by atoms with Gasteiger partial charge in [-0.15, -0.1) is 0 Å². The predicted octanol–water partition coefficient (Wildman–Crippen LogP) is 2.44. The minimum absolute atomic E-state index is 0.161. The highest BCUT2D eigenvalue weighted by molar-refractivity contribution is 5.91. The lowest BCUT2D eigenvalue weighted by Crippen LogP contribution is -2.21. The Balaban J connectivity index is 2.17. The molecule has 24 heavy (non-hydrogen) atoms. The van der Waals surface area contributed by atoms with Crippen molar-refractivity contribution >= 4 is 16.7 Å². The molecule has 0 unspecified atom stereocenters. The van der Waals surface area contributed by atoms with E-state index in [0.29, 0.717) is 23.8 Å². The molecule has 0 spiro atoms. The van der Waals surface area contributed by atoms with Gasteiger partial charge < -0.3 is 14.9 Å². The fraction of sp³-hybridized carbons (Fsp3) is 0.278. The number of amides is 1. The molecule has 0 heterocycles. The molecule has 0 bridgehead atoms. The van der Waals surface area contributed by atoms with Crippen LogP contribution in [-0.2, 0) is 9.53 Å². The third kappa shape index (κ3) is 4.11. The predicted molar refractivity (Wildman–Crippen MR) is 89.7 cm³/mol. The number of carbonyl (C=O) groups is 1. The minimum atomic E-state index is -0.874. The van der Waals surface area contributed by atoms with E-state index in [1.807, 2.05) is 18.2 Å². The van der Waals surface area contributed by atoms with Crippen LogP contribution in [0.15, 0.2) is 48.6 Å². The van der Waals surface area contributed by atoms with E-state index in [4.69, 9.17) is 9.94 Å². The van der Waals surface area contributed by atoms with Crippen LogP contribution in [0.4, 0.5) is 0 Å². The number of rotatable bonds is 7. The molecule has 0 saturated carbocycles. The number of methoxy groups -OCH3 is 1. The molecule has 0 aliphatic carbocycles. The van der Waals surface area contributed by atoms with Crippen LogP contribution in [0.5, 0.6) is 5.75 Å². The Morgan fingerprint density at radius 1 is 1.25 bits per heavy atom. The Morgan fingerprint density at radius 2 is 1.96 bits per heavy atom. The summed E-state index contributed by atoms with van der Waals surface area (Å²) in [7, 11) is 1.51. The van der Waals surface area contributed by atoms with Gasteiger partial charge in [0.25, 0.3) is 5.91 Å². The van der Waals surface area contributed by atoms with Crippen molar-refractivity contribution in [3.63, 3.8) is 0 Å². The van der Waals surface area contributed by atoms with Gasteiger partial charge in [0.2, 0.25) is 0 Å². The molecule has 4 N–H and O–H groups in total. The number of hydrogen-bond acceptors (Lipinski definition) is 5. The molecule has 1 amide bonds. The van der Waals surface area contributed by atoms with Crippen LogP contribution >= 0.6 is 0 Å². The standard InChI is InChI=1S/C18H21NO5/c1-24-16(8-4-5-9-17(21)19-23)18(22)14-10-11-15(20)13-7-3-2-6-12(13)14/h2-3,5-7,9-11,16,18,20,22-23H,4,8H2,1H3,(H,19,21)/b9-5+/t16-,18-/m0/s1. The van der Waals surface area contributed by atoms with Gasteiger partial charge in [0, 0.05) is 18.6 Å². The molecule has 2 aromatic carbocycles. The van der Waals surface area contributed by atoms with Crippen LogP contribution in [-0.4, -0.2) is 34.5 Å². The molecule has 0 saturated heterocycles. The Morgan fingerprint density at radius 3 is 2.62 bits per heavy atom. The number of aliphatic hydroxyl groups excluding tert-OH is 1. The van der Waals surface area contributed by atoms with E-state index in [1.54, 1.807) is 24.3 Å². The Labute approximate surface area is 140 Å². The van der Waals surface area contributed by atoms with E-state index >= 15 is 0 Å². The van der Waals surface area contributed by atoms with Crippen molar-refractivity contribution in [1.29, 1.82) is 0 Å². The summed E-state index contributed by atoms with van der Waals surface area (Å²) < 4.78 is 5.38. The van der Waals surface area contributed by atoms with E-state index in [-0.39, 0.29) is 5.75 Å². The quantitative estimate of drug-likeness (QED) is 0.355. The van der Waals surface area contributed by atoms with Crippen LogP contribution in [0.25, 0.3) is 10.8 Å². The molecule has 0 radical (unpaired) electrons. The fourth-order valence-corrected chi connectivity index (χ4v) is 2.66. The van der Waals surface area contributed by atoms with Gasteiger partial charge >= 0.3 is 0 Å².